The van der Waals surface area contributed by atoms with E-state index in [0.717, 1.165) is 15.4 Å². The smallest absolute Gasteiger partial charge is 0.272 e. The van der Waals surface area contributed by atoms with Crippen molar-refractivity contribution in [1.82, 2.24) is 20.7 Å². The molecule has 0 atom stereocenters. The standard InChI is InChI=1S/C16H12N4O2S2/c21-16(12-8-11(18-19-12)14-3-1-5-23-14)17-9-10-7-13(22-20-10)15-4-2-6-24-15/h1-8H,9H2,(H,17,21)(H,18,19). The number of nitrogens with zero attached hydrogens (tertiary/aromatic N) is 2. The molecule has 0 aromatic carbocycles. The highest BCUT2D eigenvalue weighted by molar-refractivity contribution is 7.13. The molecule has 2 N–H and O–H groups in total. The van der Waals surface area contributed by atoms with Crippen molar-refractivity contribution in [2.45, 2.75) is 6.54 Å². The number of amides is 1. The fourth-order valence-electron chi connectivity index (χ4n) is 2.19. The van der Waals surface area contributed by atoms with Crippen LogP contribution in [0.25, 0.3) is 21.2 Å². The van der Waals surface area contributed by atoms with E-state index in [1.54, 1.807) is 28.7 Å². The molecule has 4 heterocycles. The number of aromatic amines is 1. The number of thiophene rings is 2. The van der Waals surface area contributed by atoms with E-state index in [1.165, 1.54) is 0 Å². The Labute approximate surface area is 145 Å². The zero-order valence-electron chi connectivity index (χ0n) is 12.4. The van der Waals surface area contributed by atoms with Crippen LogP contribution in [-0.4, -0.2) is 21.3 Å². The topological polar surface area (TPSA) is 83.8 Å². The molecule has 0 spiro atoms. The second-order valence-corrected chi connectivity index (χ2v) is 6.88. The van der Waals surface area contributed by atoms with E-state index >= 15 is 0 Å². The number of aromatic nitrogens is 3. The number of carbonyl (C=O) groups excluding carboxylic acids is 1. The molecule has 24 heavy (non-hydrogen) atoms. The van der Waals surface area contributed by atoms with Crippen molar-refractivity contribution >= 4 is 28.6 Å². The van der Waals surface area contributed by atoms with Gasteiger partial charge in [0, 0.05) is 6.07 Å². The minimum atomic E-state index is -0.255. The minimum Gasteiger partial charge on any atom is -0.355 e. The molecule has 0 aliphatic heterocycles. The van der Waals surface area contributed by atoms with E-state index in [1.807, 2.05) is 41.1 Å². The molecule has 0 aliphatic carbocycles. The van der Waals surface area contributed by atoms with Gasteiger partial charge in [-0.2, -0.15) is 5.10 Å². The Balaban J connectivity index is 1.40. The van der Waals surface area contributed by atoms with E-state index in [-0.39, 0.29) is 12.5 Å². The first-order valence-electron chi connectivity index (χ1n) is 7.16. The van der Waals surface area contributed by atoms with Crippen LogP contribution in [0.5, 0.6) is 0 Å². The second-order valence-electron chi connectivity index (χ2n) is 4.99. The minimum absolute atomic E-state index is 0.255. The van der Waals surface area contributed by atoms with Crippen LogP contribution in [0, 0.1) is 0 Å². The second kappa shape index (κ2) is 6.42. The first kappa shape index (κ1) is 14.9. The summed E-state index contributed by atoms with van der Waals surface area (Å²) < 4.78 is 5.29. The fourth-order valence-corrected chi connectivity index (χ4v) is 3.55. The third-order valence-corrected chi connectivity index (χ3v) is 5.14. The van der Waals surface area contributed by atoms with E-state index in [0.29, 0.717) is 17.1 Å². The molecule has 0 saturated heterocycles. The Morgan fingerprint density at radius 2 is 1.96 bits per heavy atom. The van der Waals surface area contributed by atoms with Gasteiger partial charge in [0.05, 0.1) is 22.0 Å². The molecule has 4 aromatic heterocycles. The van der Waals surface area contributed by atoms with Gasteiger partial charge in [0.25, 0.3) is 5.91 Å². The lowest BCUT2D eigenvalue weighted by molar-refractivity contribution is 0.0945. The average molecular weight is 356 g/mol. The maximum absolute atomic E-state index is 12.2. The van der Waals surface area contributed by atoms with Gasteiger partial charge in [0.2, 0.25) is 0 Å². The molecule has 1 amide bonds. The number of H-pyrrole nitrogens is 1. The zero-order chi connectivity index (χ0) is 16.4. The van der Waals surface area contributed by atoms with Crippen LogP contribution < -0.4 is 5.32 Å². The Hall–Kier alpha value is -2.71. The highest BCUT2D eigenvalue weighted by Gasteiger charge is 2.13. The first-order chi connectivity index (χ1) is 11.8. The van der Waals surface area contributed by atoms with E-state index < -0.39 is 0 Å². The van der Waals surface area contributed by atoms with Crippen LogP contribution in [-0.2, 0) is 6.54 Å². The summed E-state index contributed by atoms with van der Waals surface area (Å²) in [6, 6.07) is 11.4. The molecule has 0 unspecified atom stereocenters. The van der Waals surface area contributed by atoms with Crippen LogP contribution in [0.1, 0.15) is 16.2 Å². The Morgan fingerprint density at radius 3 is 2.71 bits per heavy atom. The lowest BCUT2D eigenvalue weighted by Gasteiger charge is -1.98. The monoisotopic (exact) mass is 356 g/mol. The van der Waals surface area contributed by atoms with Gasteiger partial charge in [-0.05, 0) is 29.0 Å². The number of hydrogen-bond acceptors (Lipinski definition) is 6. The van der Waals surface area contributed by atoms with Crippen molar-refractivity contribution in [3.8, 4) is 21.2 Å². The summed E-state index contributed by atoms with van der Waals surface area (Å²) in [5, 5.41) is 17.7. The number of rotatable bonds is 5. The molecule has 6 nitrogen and oxygen atoms in total. The van der Waals surface area contributed by atoms with Crippen molar-refractivity contribution in [2.24, 2.45) is 0 Å². The van der Waals surface area contributed by atoms with E-state index in [4.69, 9.17) is 4.52 Å². The molecule has 0 fully saturated rings. The molecule has 4 rings (SSSR count). The molecule has 0 saturated carbocycles. The van der Waals surface area contributed by atoms with Gasteiger partial charge >= 0.3 is 0 Å². The van der Waals surface area contributed by atoms with Crippen molar-refractivity contribution in [3.63, 3.8) is 0 Å². The summed E-state index contributed by atoms with van der Waals surface area (Å²) in [5.74, 6) is 0.448. The Bertz CT molecular complexity index is 939. The number of nitrogens with one attached hydrogen (secondary N) is 2. The number of carbonyl (C=O) groups is 1. The van der Waals surface area contributed by atoms with Crippen LogP contribution >= 0.6 is 22.7 Å². The van der Waals surface area contributed by atoms with Crippen molar-refractivity contribution in [1.29, 1.82) is 0 Å². The van der Waals surface area contributed by atoms with Crippen molar-refractivity contribution < 1.29 is 9.32 Å². The molecule has 0 bridgehead atoms. The lowest BCUT2D eigenvalue weighted by atomic mass is 10.3. The summed E-state index contributed by atoms with van der Waals surface area (Å²) in [7, 11) is 0. The fraction of sp³-hybridized carbons (Fsp3) is 0.0625. The third kappa shape index (κ3) is 3.01. The normalized spacial score (nSPS) is 10.8. The average Bonchev–Trinajstić information content (AvgIpc) is 3.40. The Morgan fingerprint density at radius 1 is 1.17 bits per heavy atom. The van der Waals surface area contributed by atoms with Crippen LogP contribution in [0.15, 0.2) is 51.7 Å². The van der Waals surface area contributed by atoms with Gasteiger partial charge in [-0.15, -0.1) is 22.7 Å². The predicted molar refractivity (Wildman–Crippen MR) is 92.9 cm³/mol. The number of hydrogen-bond donors (Lipinski definition) is 2. The van der Waals surface area contributed by atoms with Crippen LogP contribution in [0.3, 0.4) is 0 Å². The SMILES string of the molecule is O=C(NCc1cc(-c2cccs2)on1)c1cc(-c2cccs2)[nH]n1. The van der Waals surface area contributed by atoms with Crippen molar-refractivity contribution in [2.75, 3.05) is 0 Å². The molecular formula is C16H12N4O2S2. The van der Waals surface area contributed by atoms with Gasteiger partial charge in [-0.25, -0.2) is 0 Å². The summed E-state index contributed by atoms with van der Waals surface area (Å²) in [5.41, 5.74) is 1.85. The van der Waals surface area contributed by atoms with Gasteiger partial charge in [0.15, 0.2) is 11.5 Å². The summed E-state index contributed by atoms with van der Waals surface area (Å²) >= 11 is 3.17. The van der Waals surface area contributed by atoms with Crippen LogP contribution in [0.2, 0.25) is 0 Å². The predicted octanol–water partition coefficient (Wildman–Crippen LogP) is 3.78. The quantitative estimate of drug-likeness (QED) is 0.570. The van der Waals surface area contributed by atoms with Crippen molar-refractivity contribution in [3.05, 3.63) is 58.5 Å². The maximum Gasteiger partial charge on any atom is 0.272 e. The molecule has 0 radical (unpaired) electrons. The third-order valence-electron chi connectivity index (χ3n) is 3.35. The lowest BCUT2D eigenvalue weighted by Crippen LogP contribution is -2.23. The van der Waals surface area contributed by atoms with E-state index in [2.05, 4.69) is 20.7 Å². The van der Waals surface area contributed by atoms with E-state index in [9.17, 15) is 4.79 Å². The highest BCUT2D eigenvalue weighted by atomic mass is 32.1. The van der Waals surface area contributed by atoms with Crippen LogP contribution in [0.4, 0.5) is 0 Å². The van der Waals surface area contributed by atoms with Gasteiger partial charge in [-0.1, -0.05) is 17.3 Å². The molecule has 8 heteroatoms. The maximum atomic E-state index is 12.2. The van der Waals surface area contributed by atoms with Gasteiger partial charge < -0.3 is 9.84 Å². The Kier molecular flexibility index (Phi) is 3.97. The first-order valence-corrected chi connectivity index (χ1v) is 8.92. The molecule has 4 aromatic rings. The zero-order valence-corrected chi connectivity index (χ0v) is 14.0. The highest BCUT2D eigenvalue weighted by Crippen LogP contribution is 2.25. The summed E-state index contributed by atoms with van der Waals surface area (Å²) in [6.45, 7) is 0.287. The molecule has 120 valence electrons. The summed E-state index contributed by atoms with van der Waals surface area (Å²) in [4.78, 5) is 14.2. The summed E-state index contributed by atoms with van der Waals surface area (Å²) in [6.07, 6.45) is 0. The molecular weight excluding hydrogens is 344 g/mol. The largest absolute Gasteiger partial charge is 0.355 e. The van der Waals surface area contributed by atoms with Gasteiger partial charge in [0.1, 0.15) is 5.69 Å². The molecule has 0 aliphatic rings. The van der Waals surface area contributed by atoms with Gasteiger partial charge in [-0.3, -0.25) is 9.89 Å².